The number of rotatable bonds is 4. The van der Waals surface area contributed by atoms with E-state index < -0.39 is 0 Å². The van der Waals surface area contributed by atoms with Crippen molar-refractivity contribution < 1.29 is 9.53 Å². The standard InChI is InChI=1S/C21H18O2S/c1-23-21(22)20-13-19(20)15-7-9-17(10-8-15)24-18-11-6-14-4-2-3-5-16(14)12-18/h2-12,19-20H,13H2,1H3. The van der Waals surface area contributed by atoms with E-state index in [4.69, 9.17) is 4.74 Å². The largest absolute Gasteiger partial charge is 0.469 e. The molecule has 0 N–H and O–H groups in total. The highest BCUT2D eigenvalue weighted by Gasteiger charge is 2.44. The van der Waals surface area contributed by atoms with Gasteiger partial charge in [0.25, 0.3) is 0 Å². The number of carbonyl (C=O) groups excluding carboxylic acids is 1. The van der Waals surface area contributed by atoms with Crippen molar-refractivity contribution >= 4 is 28.5 Å². The van der Waals surface area contributed by atoms with Gasteiger partial charge in [-0.15, -0.1) is 0 Å². The normalized spacial score (nSPS) is 19.2. The van der Waals surface area contributed by atoms with E-state index in [1.54, 1.807) is 11.8 Å². The molecule has 4 rings (SSSR count). The molecule has 1 aliphatic rings. The van der Waals surface area contributed by atoms with Crippen molar-refractivity contribution in [3.8, 4) is 0 Å². The molecular weight excluding hydrogens is 316 g/mol. The van der Waals surface area contributed by atoms with Crippen molar-refractivity contribution in [2.24, 2.45) is 5.92 Å². The fourth-order valence-electron chi connectivity index (χ4n) is 3.13. The van der Waals surface area contributed by atoms with Crippen molar-refractivity contribution in [2.45, 2.75) is 22.1 Å². The number of ether oxygens (including phenoxy) is 1. The van der Waals surface area contributed by atoms with Crippen LogP contribution >= 0.6 is 11.8 Å². The third-order valence-corrected chi connectivity index (χ3v) is 5.56. The Morgan fingerprint density at radius 3 is 2.42 bits per heavy atom. The Morgan fingerprint density at radius 1 is 0.958 bits per heavy atom. The predicted octanol–water partition coefficient (Wildman–Crippen LogP) is 5.27. The lowest BCUT2D eigenvalue weighted by atomic mass is 10.1. The van der Waals surface area contributed by atoms with Gasteiger partial charge in [-0.05, 0) is 52.9 Å². The van der Waals surface area contributed by atoms with Gasteiger partial charge in [0.05, 0.1) is 13.0 Å². The molecule has 0 heterocycles. The zero-order valence-corrected chi connectivity index (χ0v) is 14.3. The van der Waals surface area contributed by atoms with Crippen LogP contribution in [0.4, 0.5) is 0 Å². The first-order valence-electron chi connectivity index (χ1n) is 8.09. The topological polar surface area (TPSA) is 26.3 Å². The Hall–Kier alpha value is -2.26. The Morgan fingerprint density at radius 2 is 1.67 bits per heavy atom. The van der Waals surface area contributed by atoms with Crippen LogP contribution in [0.15, 0.2) is 76.5 Å². The van der Waals surface area contributed by atoms with Gasteiger partial charge in [-0.1, -0.05) is 54.2 Å². The molecule has 3 aromatic rings. The molecule has 1 fully saturated rings. The lowest BCUT2D eigenvalue weighted by molar-refractivity contribution is -0.142. The minimum Gasteiger partial charge on any atom is -0.469 e. The van der Waals surface area contributed by atoms with Gasteiger partial charge in [0.1, 0.15) is 0 Å². The van der Waals surface area contributed by atoms with Gasteiger partial charge in [-0.2, -0.15) is 0 Å². The molecule has 3 heteroatoms. The SMILES string of the molecule is COC(=O)C1CC1c1ccc(Sc2ccc3ccccc3c2)cc1. The summed E-state index contributed by atoms with van der Waals surface area (Å²) in [5, 5.41) is 2.53. The van der Waals surface area contributed by atoms with Gasteiger partial charge in [0, 0.05) is 9.79 Å². The molecule has 0 bridgehead atoms. The summed E-state index contributed by atoms with van der Waals surface area (Å²) in [6.45, 7) is 0. The molecule has 2 nitrogen and oxygen atoms in total. The van der Waals surface area contributed by atoms with Gasteiger partial charge >= 0.3 is 5.97 Å². The summed E-state index contributed by atoms with van der Waals surface area (Å²) < 4.78 is 4.82. The van der Waals surface area contributed by atoms with Crippen LogP contribution in [-0.2, 0) is 9.53 Å². The third-order valence-electron chi connectivity index (χ3n) is 4.56. The first-order valence-corrected chi connectivity index (χ1v) is 8.91. The van der Waals surface area contributed by atoms with E-state index >= 15 is 0 Å². The summed E-state index contributed by atoms with van der Waals surface area (Å²) in [4.78, 5) is 14.0. The van der Waals surface area contributed by atoms with Crippen LogP contribution in [0, 0.1) is 5.92 Å². The van der Waals surface area contributed by atoms with Crippen LogP contribution in [0.3, 0.4) is 0 Å². The number of esters is 1. The van der Waals surface area contributed by atoms with E-state index in [1.807, 2.05) is 0 Å². The first kappa shape index (κ1) is 15.3. The summed E-state index contributed by atoms with van der Waals surface area (Å²) in [7, 11) is 1.46. The third kappa shape index (κ3) is 3.04. The van der Waals surface area contributed by atoms with E-state index in [0.29, 0.717) is 5.92 Å². The Labute approximate surface area is 145 Å². The molecule has 0 spiro atoms. The zero-order chi connectivity index (χ0) is 16.5. The highest BCUT2D eigenvalue weighted by Crippen LogP contribution is 2.48. The van der Waals surface area contributed by atoms with Crippen molar-refractivity contribution in [3.63, 3.8) is 0 Å². The van der Waals surface area contributed by atoms with Crippen LogP contribution in [0.1, 0.15) is 17.9 Å². The number of hydrogen-bond acceptors (Lipinski definition) is 3. The molecular formula is C21H18O2S. The summed E-state index contributed by atoms with van der Waals surface area (Å²) in [5.41, 5.74) is 1.23. The van der Waals surface area contributed by atoms with E-state index in [9.17, 15) is 4.79 Å². The van der Waals surface area contributed by atoms with Crippen LogP contribution < -0.4 is 0 Å². The minimum absolute atomic E-state index is 0.0500. The van der Waals surface area contributed by atoms with E-state index in [-0.39, 0.29) is 11.9 Å². The van der Waals surface area contributed by atoms with E-state index in [1.165, 1.54) is 33.2 Å². The monoisotopic (exact) mass is 334 g/mol. The lowest BCUT2D eigenvalue weighted by Gasteiger charge is -2.05. The molecule has 1 aliphatic carbocycles. The average molecular weight is 334 g/mol. The summed E-state index contributed by atoms with van der Waals surface area (Å²) in [6.07, 6.45) is 0.907. The minimum atomic E-state index is -0.0883. The van der Waals surface area contributed by atoms with Crippen LogP contribution in [0.5, 0.6) is 0 Å². The van der Waals surface area contributed by atoms with Gasteiger partial charge in [-0.25, -0.2) is 0 Å². The predicted molar refractivity (Wildman–Crippen MR) is 97.4 cm³/mol. The van der Waals surface area contributed by atoms with Crippen LogP contribution in [-0.4, -0.2) is 13.1 Å². The van der Waals surface area contributed by atoms with Crippen molar-refractivity contribution in [3.05, 3.63) is 72.3 Å². The van der Waals surface area contributed by atoms with Crippen LogP contribution in [0.25, 0.3) is 10.8 Å². The zero-order valence-electron chi connectivity index (χ0n) is 13.4. The maximum atomic E-state index is 11.5. The molecule has 0 radical (unpaired) electrons. The van der Waals surface area contributed by atoms with Gasteiger partial charge in [0.15, 0.2) is 0 Å². The average Bonchev–Trinajstić information content (AvgIpc) is 3.42. The first-order chi connectivity index (χ1) is 11.7. The summed E-state index contributed by atoms with van der Waals surface area (Å²) >= 11 is 1.76. The van der Waals surface area contributed by atoms with Gasteiger partial charge < -0.3 is 4.74 Å². The second-order valence-corrected chi connectivity index (χ2v) is 7.30. The Bertz CT molecular complexity index is 886. The van der Waals surface area contributed by atoms with Crippen molar-refractivity contribution in [2.75, 3.05) is 7.11 Å². The molecule has 3 aromatic carbocycles. The molecule has 24 heavy (non-hydrogen) atoms. The molecule has 0 saturated heterocycles. The molecule has 0 aliphatic heterocycles. The molecule has 1 saturated carbocycles. The molecule has 2 atom stereocenters. The number of fused-ring (bicyclic) bond motifs is 1. The highest BCUT2D eigenvalue weighted by atomic mass is 32.2. The number of hydrogen-bond donors (Lipinski definition) is 0. The Balaban J connectivity index is 1.48. The number of methoxy groups -OCH3 is 1. The fraction of sp³-hybridized carbons (Fsp3) is 0.190. The van der Waals surface area contributed by atoms with E-state index in [2.05, 4.69) is 66.7 Å². The fourth-order valence-corrected chi connectivity index (χ4v) is 3.99. The number of benzene rings is 3. The van der Waals surface area contributed by atoms with E-state index in [0.717, 1.165) is 6.42 Å². The molecule has 0 amide bonds. The maximum Gasteiger partial charge on any atom is 0.309 e. The summed E-state index contributed by atoms with van der Waals surface area (Å²) in [5.74, 6) is 0.292. The van der Waals surface area contributed by atoms with Crippen LogP contribution in [0.2, 0.25) is 0 Å². The molecule has 2 unspecified atom stereocenters. The maximum absolute atomic E-state index is 11.5. The lowest BCUT2D eigenvalue weighted by Crippen LogP contribution is -2.03. The molecule has 0 aromatic heterocycles. The van der Waals surface area contributed by atoms with Gasteiger partial charge in [0.2, 0.25) is 0 Å². The second-order valence-electron chi connectivity index (χ2n) is 6.15. The second kappa shape index (κ2) is 6.33. The Kier molecular flexibility index (Phi) is 4.03. The van der Waals surface area contributed by atoms with Crippen molar-refractivity contribution in [1.82, 2.24) is 0 Å². The molecule has 120 valence electrons. The van der Waals surface area contributed by atoms with Gasteiger partial charge in [-0.3, -0.25) is 4.79 Å². The number of carbonyl (C=O) groups is 1. The van der Waals surface area contributed by atoms with Crippen molar-refractivity contribution in [1.29, 1.82) is 0 Å². The highest BCUT2D eigenvalue weighted by molar-refractivity contribution is 7.99. The summed E-state index contributed by atoms with van der Waals surface area (Å²) in [6, 6.07) is 23.5. The smallest absolute Gasteiger partial charge is 0.309 e. The quantitative estimate of drug-likeness (QED) is 0.608.